The molecule has 168 valence electrons. The maximum Gasteiger partial charge on any atom is 0.270 e. The maximum absolute atomic E-state index is 12.5. The molecule has 0 fully saturated rings. The summed E-state index contributed by atoms with van der Waals surface area (Å²) >= 11 is 0. The van der Waals surface area contributed by atoms with Gasteiger partial charge in [-0.25, -0.2) is 0 Å². The van der Waals surface area contributed by atoms with Gasteiger partial charge in [0.1, 0.15) is 6.61 Å². The van der Waals surface area contributed by atoms with Gasteiger partial charge in [-0.1, -0.05) is 35.4 Å². The van der Waals surface area contributed by atoms with Crippen molar-refractivity contribution in [1.82, 2.24) is 0 Å². The minimum Gasteiger partial charge on any atom is -0.493 e. The molecule has 32 heavy (non-hydrogen) atoms. The number of hydrogen-bond donors (Lipinski definition) is 0. The number of nitro groups is 1. The van der Waals surface area contributed by atoms with Crippen LogP contribution < -0.4 is 9.47 Å². The minimum absolute atomic E-state index is 0.0241. The monoisotopic (exact) mass is 435 g/mol. The number of rotatable bonds is 11. The van der Waals surface area contributed by atoms with Gasteiger partial charge in [0.15, 0.2) is 17.3 Å². The molecule has 0 aliphatic carbocycles. The third kappa shape index (κ3) is 7.87. The molecule has 0 aliphatic rings. The molecule has 0 bridgehead atoms. The molecule has 6 nitrogen and oxygen atoms in total. The highest BCUT2D eigenvalue weighted by Crippen LogP contribution is 2.28. The molecule has 0 N–H and O–H groups in total. The third-order valence-electron chi connectivity index (χ3n) is 4.72. The number of carbonyl (C=O) groups excluding carboxylic acids is 1. The number of ether oxygens (including phenoxy) is 2. The number of ketones is 1. The van der Waals surface area contributed by atoms with Gasteiger partial charge >= 0.3 is 0 Å². The molecule has 2 aromatic rings. The zero-order valence-corrected chi connectivity index (χ0v) is 19.0. The van der Waals surface area contributed by atoms with E-state index in [9.17, 15) is 14.9 Å². The van der Waals surface area contributed by atoms with Crippen LogP contribution in [0.15, 0.2) is 71.8 Å². The zero-order valence-electron chi connectivity index (χ0n) is 19.0. The lowest BCUT2D eigenvalue weighted by Crippen LogP contribution is -2.00. The van der Waals surface area contributed by atoms with E-state index in [1.165, 1.54) is 36.5 Å². The first-order chi connectivity index (χ1) is 15.3. The van der Waals surface area contributed by atoms with Gasteiger partial charge in [-0.05, 0) is 69.5 Å². The summed E-state index contributed by atoms with van der Waals surface area (Å²) in [4.78, 5) is 22.9. The molecule has 0 radical (unpaired) electrons. The number of benzene rings is 2. The van der Waals surface area contributed by atoms with Crippen LogP contribution in [0.3, 0.4) is 0 Å². The van der Waals surface area contributed by atoms with Crippen LogP contribution in [0.4, 0.5) is 5.69 Å². The second-order valence-electron chi connectivity index (χ2n) is 7.60. The highest BCUT2D eigenvalue weighted by atomic mass is 16.6. The topological polar surface area (TPSA) is 78.7 Å². The fourth-order valence-corrected chi connectivity index (χ4v) is 2.91. The SMILES string of the molecule is COc1cc(C(=O)/C=C/c2cccc([N+](=O)[O-])c2)ccc1OC/C=C(\C)CCC=C(C)C. The Bertz CT molecular complexity index is 1050. The second kappa shape index (κ2) is 12.2. The van der Waals surface area contributed by atoms with Crippen molar-refractivity contribution in [2.45, 2.75) is 33.6 Å². The number of nitrogens with zero attached hydrogens (tertiary/aromatic N) is 1. The number of methoxy groups -OCH3 is 1. The Kier molecular flexibility index (Phi) is 9.42. The normalized spacial score (nSPS) is 11.3. The van der Waals surface area contributed by atoms with E-state index in [0.717, 1.165) is 12.8 Å². The lowest BCUT2D eigenvalue weighted by atomic mass is 10.1. The Morgan fingerprint density at radius 3 is 2.53 bits per heavy atom. The Balaban J connectivity index is 2.03. The van der Waals surface area contributed by atoms with Crippen LogP contribution in [0.25, 0.3) is 6.08 Å². The van der Waals surface area contributed by atoms with Crippen molar-refractivity contribution in [3.63, 3.8) is 0 Å². The Morgan fingerprint density at radius 1 is 1.06 bits per heavy atom. The van der Waals surface area contributed by atoms with Gasteiger partial charge in [0.2, 0.25) is 0 Å². The van der Waals surface area contributed by atoms with Crippen LogP contribution in [-0.2, 0) is 0 Å². The lowest BCUT2D eigenvalue weighted by Gasteiger charge is -2.10. The van der Waals surface area contributed by atoms with E-state index in [4.69, 9.17) is 9.47 Å². The Hall–Kier alpha value is -3.67. The first kappa shape index (κ1) is 24.6. The predicted molar refractivity (Wildman–Crippen MR) is 127 cm³/mol. The van der Waals surface area contributed by atoms with Crippen LogP contribution in [0.2, 0.25) is 0 Å². The summed E-state index contributed by atoms with van der Waals surface area (Å²) in [5.74, 6) is 0.784. The van der Waals surface area contributed by atoms with Crippen molar-refractivity contribution in [1.29, 1.82) is 0 Å². The van der Waals surface area contributed by atoms with Gasteiger partial charge in [0.05, 0.1) is 12.0 Å². The van der Waals surface area contributed by atoms with E-state index >= 15 is 0 Å². The van der Waals surface area contributed by atoms with Gasteiger partial charge in [0.25, 0.3) is 5.69 Å². The summed E-state index contributed by atoms with van der Waals surface area (Å²) in [6, 6.07) is 11.1. The number of allylic oxidation sites excluding steroid dienone is 4. The van der Waals surface area contributed by atoms with Gasteiger partial charge in [-0.3, -0.25) is 14.9 Å². The summed E-state index contributed by atoms with van der Waals surface area (Å²) in [5.41, 5.74) is 3.55. The molecular formula is C26H29NO5. The van der Waals surface area contributed by atoms with Crippen molar-refractivity contribution < 1.29 is 19.2 Å². The Labute approximate surface area is 189 Å². The van der Waals surface area contributed by atoms with E-state index in [1.807, 2.05) is 6.08 Å². The maximum atomic E-state index is 12.5. The predicted octanol–water partition coefficient (Wildman–Crippen LogP) is 6.57. The number of carbonyl (C=O) groups is 1. The number of nitro benzene ring substituents is 1. The quantitative estimate of drug-likeness (QED) is 0.131. The highest BCUT2D eigenvalue weighted by Gasteiger charge is 2.10. The zero-order chi connectivity index (χ0) is 23.5. The largest absolute Gasteiger partial charge is 0.493 e. The molecule has 0 heterocycles. The van der Waals surface area contributed by atoms with Crippen LogP contribution >= 0.6 is 0 Å². The van der Waals surface area contributed by atoms with Crippen molar-refractivity contribution in [3.8, 4) is 11.5 Å². The van der Waals surface area contributed by atoms with Gasteiger partial charge in [-0.2, -0.15) is 0 Å². The van der Waals surface area contributed by atoms with Gasteiger partial charge in [0, 0.05) is 17.7 Å². The van der Waals surface area contributed by atoms with Gasteiger partial charge in [-0.15, -0.1) is 0 Å². The van der Waals surface area contributed by atoms with E-state index in [1.54, 1.807) is 36.4 Å². The third-order valence-corrected chi connectivity index (χ3v) is 4.72. The molecule has 6 heteroatoms. The molecule has 0 aliphatic heterocycles. The molecule has 0 amide bonds. The lowest BCUT2D eigenvalue weighted by molar-refractivity contribution is -0.384. The van der Waals surface area contributed by atoms with Crippen molar-refractivity contribution in [2.75, 3.05) is 13.7 Å². The van der Waals surface area contributed by atoms with E-state index in [2.05, 4.69) is 26.8 Å². The molecule has 2 aromatic carbocycles. The molecule has 0 spiro atoms. The molecule has 0 unspecified atom stereocenters. The van der Waals surface area contributed by atoms with Crippen LogP contribution in [-0.4, -0.2) is 24.4 Å². The van der Waals surface area contributed by atoms with Crippen molar-refractivity contribution >= 4 is 17.5 Å². The molecule has 2 rings (SSSR count). The average molecular weight is 436 g/mol. The minimum atomic E-state index is -0.470. The fraction of sp³-hybridized carbons (Fsp3) is 0.269. The number of non-ortho nitro benzene ring substituents is 1. The smallest absolute Gasteiger partial charge is 0.270 e. The summed E-state index contributed by atoms with van der Waals surface area (Å²) in [6.07, 6.45) is 9.18. The summed E-state index contributed by atoms with van der Waals surface area (Å²) in [5, 5.41) is 10.9. The van der Waals surface area contributed by atoms with Crippen molar-refractivity contribution in [3.05, 3.63) is 93.1 Å². The molecule has 0 saturated carbocycles. The fourth-order valence-electron chi connectivity index (χ4n) is 2.91. The standard InChI is InChI=1S/C26H29NO5/c1-19(2)7-5-8-20(3)15-16-32-25-14-12-22(18-26(25)31-4)24(28)13-11-21-9-6-10-23(17-21)27(29)30/h6-7,9-15,17-18H,5,8,16H2,1-4H3/b13-11+,20-15+. The van der Waals surface area contributed by atoms with E-state index < -0.39 is 4.92 Å². The van der Waals surface area contributed by atoms with Crippen LogP contribution in [0.5, 0.6) is 11.5 Å². The molecule has 0 aromatic heterocycles. The molecule has 0 atom stereocenters. The summed E-state index contributed by atoms with van der Waals surface area (Å²) in [6.45, 7) is 6.67. The molecule has 0 saturated heterocycles. The first-order valence-corrected chi connectivity index (χ1v) is 10.4. The van der Waals surface area contributed by atoms with Crippen LogP contribution in [0.1, 0.15) is 49.5 Å². The van der Waals surface area contributed by atoms with Gasteiger partial charge < -0.3 is 9.47 Å². The number of hydrogen-bond acceptors (Lipinski definition) is 5. The van der Waals surface area contributed by atoms with E-state index in [-0.39, 0.29) is 11.5 Å². The highest BCUT2D eigenvalue weighted by molar-refractivity contribution is 6.07. The second-order valence-corrected chi connectivity index (χ2v) is 7.60. The van der Waals surface area contributed by atoms with Crippen molar-refractivity contribution in [2.24, 2.45) is 0 Å². The average Bonchev–Trinajstić information content (AvgIpc) is 2.77. The summed E-state index contributed by atoms with van der Waals surface area (Å²) < 4.78 is 11.2. The van der Waals surface area contributed by atoms with Crippen LogP contribution in [0, 0.1) is 10.1 Å². The Morgan fingerprint density at radius 2 is 1.84 bits per heavy atom. The summed E-state index contributed by atoms with van der Waals surface area (Å²) in [7, 11) is 1.52. The first-order valence-electron chi connectivity index (χ1n) is 10.4. The molecular weight excluding hydrogens is 406 g/mol. The van der Waals surface area contributed by atoms with E-state index in [0.29, 0.717) is 29.2 Å².